The number of para-hydroxylation sites is 1. The van der Waals surface area contributed by atoms with E-state index in [-0.39, 0.29) is 11.4 Å². The van der Waals surface area contributed by atoms with Crippen LogP contribution in [0.3, 0.4) is 0 Å². The molecule has 1 aromatic carbocycles. The summed E-state index contributed by atoms with van der Waals surface area (Å²) in [6.45, 7) is 4.49. The third-order valence-corrected chi connectivity index (χ3v) is 3.14. The molecule has 0 saturated carbocycles. The third kappa shape index (κ3) is 2.50. The lowest BCUT2D eigenvalue weighted by molar-refractivity contribution is 0.0803. The summed E-state index contributed by atoms with van der Waals surface area (Å²) in [5.74, 6) is 0.837. The molecule has 2 rings (SSSR count). The first kappa shape index (κ1) is 12.1. The Balaban J connectivity index is 2.39. The second-order valence-electron chi connectivity index (χ2n) is 5.12. The normalized spacial score (nSPS) is 17.1. The molecule has 0 unspecified atom stereocenters. The SMILES string of the molecule is CC1(C)CCc2cccc(C(=O)CCN)c2O1. The summed E-state index contributed by atoms with van der Waals surface area (Å²) in [5, 5.41) is 0. The van der Waals surface area contributed by atoms with Crippen molar-refractivity contribution in [2.75, 3.05) is 6.54 Å². The fourth-order valence-corrected chi connectivity index (χ4v) is 2.15. The van der Waals surface area contributed by atoms with Gasteiger partial charge in [0.2, 0.25) is 0 Å². The van der Waals surface area contributed by atoms with Gasteiger partial charge in [0.15, 0.2) is 5.78 Å². The van der Waals surface area contributed by atoms with Crippen LogP contribution < -0.4 is 10.5 Å². The number of nitrogens with two attached hydrogens (primary N) is 1. The first-order chi connectivity index (χ1) is 8.03. The number of hydrogen-bond acceptors (Lipinski definition) is 3. The minimum absolute atomic E-state index is 0.0713. The fraction of sp³-hybridized carbons (Fsp3) is 0.500. The molecule has 1 aliphatic rings. The maximum Gasteiger partial charge on any atom is 0.167 e. The zero-order chi connectivity index (χ0) is 12.5. The molecule has 0 radical (unpaired) electrons. The Morgan fingerprint density at radius 2 is 2.24 bits per heavy atom. The van der Waals surface area contributed by atoms with E-state index in [0.29, 0.717) is 18.5 Å². The Hall–Kier alpha value is -1.35. The van der Waals surface area contributed by atoms with E-state index in [2.05, 4.69) is 13.8 Å². The van der Waals surface area contributed by atoms with Gasteiger partial charge in [0.05, 0.1) is 5.56 Å². The summed E-state index contributed by atoms with van der Waals surface area (Å²) < 4.78 is 5.96. The Kier molecular flexibility index (Phi) is 3.20. The molecule has 0 bridgehead atoms. The first-order valence-electron chi connectivity index (χ1n) is 6.08. The lowest BCUT2D eigenvalue weighted by Crippen LogP contribution is -2.33. The van der Waals surface area contributed by atoms with Gasteiger partial charge in [-0.1, -0.05) is 12.1 Å². The van der Waals surface area contributed by atoms with Crippen molar-refractivity contribution >= 4 is 5.78 Å². The number of carbonyl (C=O) groups excluding carboxylic acids is 1. The Morgan fingerprint density at radius 1 is 1.47 bits per heavy atom. The average molecular weight is 233 g/mol. The van der Waals surface area contributed by atoms with Crippen molar-refractivity contribution in [3.05, 3.63) is 29.3 Å². The molecule has 2 N–H and O–H groups in total. The van der Waals surface area contributed by atoms with E-state index >= 15 is 0 Å². The van der Waals surface area contributed by atoms with Crippen LogP contribution in [0.2, 0.25) is 0 Å². The van der Waals surface area contributed by atoms with E-state index in [4.69, 9.17) is 10.5 Å². The number of carbonyl (C=O) groups is 1. The van der Waals surface area contributed by atoms with Gasteiger partial charge in [-0.05, 0) is 44.9 Å². The van der Waals surface area contributed by atoms with Crippen LogP contribution in [0.1, 0.15) is 42.6 Å². The summed E-state index contributed by atoms with van der Waals surface area (Å²) in [5.41, 5.74) is 7.06. The van der Waals surface area contributed by atoms with Gasteiger partial charge in [-0.3, -0.25) is 4.79 Å². The third-order valence-electron chi connectivity index (χ3n) is 3.14. The largest absolute Gasteiger partial charge is 0.487 e. The maximum atomic E-state index is 12.0. The van der Waals surface area contributed by atoms with Crippen molar-refractivity contribution in [1.82, 2.24) is 0 Å². The summed E-state index contributed by atoms with van der Waals surface area (Å²) in [4.78, 5) is 12.0. The van der Waals surface area contributed by atoms with Crippen LogP contribution in [0.25, 0.3) is 0 Å². The zero-order valence-corrected chi connectivity index (χ0v) is 10.5. The summed E-state index contributed by atoms with van der Waals surface area (Å²) in [7, 11) is 0. The molecule has 3 nitrogen and oxygen atoms in total. The van der Waals surface area contributed by atoms with E-state index in [1.165, 1.54) is 0 Å². The van der Waals surface area contributed by atoms with Gasteiger partial charge >= 0.3 is 0 Å². The van der Waals surface area contributed by atoms with Crippen LogP contribution in [-0.4, -0.2) is 17.9 Å². The minimum Gasteiger partial charge on any atom is -0.487 e. The van der Waals surface area contributed by atoms with Crippen LogP contribution in [0.5, 0.6) is 5.75 Å². The topological polar surface area (TPSA) is 52.3 Å². The highest BCUT2D eigenvalue weighted by Crippen LogP contribution is 2.36. The molecule has 0 saturated heterocycles. The van der Waals surface area contributed by atoms with E-state index < -0.39 is 0 Å². The lowest BCUT2D eigenvalue weighted by Gasteiger charge is -2.33. The molecule has 0 aromatic heterocycles. The quantitative estimate of drug-likeness (QED) is 0.815. The van der Waals surface area contributed by atoms with Gasteiger partial charge in [0.1, 0.15) is 11.4 Å². The van der Waals surface area contributed by atoms with Crippen molar-refractivity contribution in [2.45, 2.75) is 38.7 Å². The van der Waals surface area contributed by atoms with Gasteiger partial charge in [-0.25, -0.2) is 0 Å². The van der Waals surface area contributed by atoms with E-state index in [9.17, 15) is 4.79 Å². The predicted molar refractivity (Wildman–Crippen MR) is 67.5 cm³/mol. The molecule has 0 fully saturated rings. The molecular formula is C14H19NO2. The van der Waals surface area contributed by atoms with Crippen LogP contribution >= 0.6 is 0 Å². The van der Waals surface area contributed by atoms with Crippen molar-refractivity contribution in [1.29, 1.82) is 0 Å². The van der Waals surface area contributed by atoms with Gasteiger partial charge in [-0.2, -0.15) is 0 Å². The highest BCUT2D eigenvalue weighted by Gasteiger charge is 2.29. The maximum absolute atomic E-state index is 12.0. The van der Waals surface area contributed by atoms with Crippen molar-refractivity contribution in [2.24, 2.45) is 5.73 Å². The average Bonchev–Trinajstić information content (AvgIpc) is 2.27. The van der Waals surface area contributed by atoms with Gasteiger partial charge < -0.3 is 10.5 Å². The standard InChI is InChI=1S/C14H19NO2/c1-14(2)8-6-10-4-3-5-11(13(10)17-14)12(16)7-9-15/h3-5H,6-9,15H2,1-2H3. The lowest BCUT2D eigenvalue weighted by atomic mass is 9.91. The monoisotopic (exact) mass is 233 g/mol. The Bertz CT molecular complexity index is 438. The van der Waals surface area contributed by atoms with Gasteiger partial charge in [0, 0.05) is 6.42 Å². The molecular weight excluding hydrogens is 214 g/mol. The second-order valence-corrected chi connectivity index (χ2v) is 5.12. The molecule has 0 spiro atoms. The molecule has 0 atom stereocenters. The van der Waals surface area contributed by atoms with E-state index in [1.54, 1.807) is 0 Å². The van der Waals surface area contributed by atoms with Crippen molar-refractivity contribution in [3.8, 4) is 5.75 Å². The highest BCUT2D eigenvalue weighted by molar-refractivity contribution is 5.99. The molecule has 1 aliphatic heterocycles. The second kappa shape index (κ2) is 4.49. The number of aryl methyl sites for hydroxylation is 1. The van der Waals surface area contributed by atoms with Crippen LogP contribution in [0.15, 0.2) is 18.2 Å². The van der Waals surface area contributed by atoms with Crippen LogP contribution in [-0.2, 0) is 6.42 Å². The van der Waals surface area contributed by atoms with Crippen LogP contribution in [0, 0.1) is 0 Å². The highest BCUT2D eigenvalue weighted by atomic mass is 16.5. The molecule has 3 heteroatoms. The molecule has 17 heavy (non-hydrogen) atoms. The van der Waals surface area contributed by atoms with E-state index in [0.717, 1.165) is 24.2 Å². The number of benzene rings is 1. The molecule has 0 amide bonds. The molecule has 92 valence electrons. The van der Waals surface area contributed by atoms with Crippen molar-refractivity contribution < 1.29 is 9.53 Å². The zero-order valence-electron chi connectivity index (χ0n) is 10.5. The van der Waals surface area contributed by atoms with Crippen molar-refractivity contribution in [3.63, 3.8) is 0 Å². The van der Waals surface area contributed by atoms with E-state index in [1.807, 2.05) is 18.2 Å². The number of hydrogen-bond donors (Lipinski definition) is 1. The predicted octanol–water partition coefficient (Wildman–Crippen LogP) is 2.32. The molecule has 1 aromatic rings. The number of Topliss-reactive ketones (excluding diaryl/α,β-unsaturated/α-hetero) is 1. The number of ketones is 1. The number of fused-ring (bicyclic) bond motifs is 1. The molecule has 0 aliphatic carbocycles. The minimum atomic E-state index is -0.188. The smallest absolute Gasteiger partial charge is 0.167 e. The number of ether oxygens (including phenoxy) is 1. The summed E-state index contributed by atoms with van der Waals surface area (Å²) in [6.07, 6.45) is 2.32. The Morgan fingerprint density at radius 3 is 2.94 bits per heavy atom. The first-order valence-corrected chi connectivity index (χ1v) is 6.08. The summed E-state index contributed by atoms with van der Waals surface area (Å²) in [6, 6.07) is 5.78. The van der Waals surface area contributed by atoms with Gasteiger partial charge in [0.25, 0.3) is 0 Å². The van der Waals surface area contributed by atoms with Gasteiger partial charge in [-0.15, -0.1) is 0 Å². The fourth-order valence-electron chi connectivity index (χ4n) is 2.15. The van der Waals surface area contributed by atoms with Crippen LogP contribution in [0.4, 0.5) is 0 Å². The number of rotatable bonds is 3. The summed E-state index contributed by atoms with van der Waals surface area (Å²) >= 11 is 0. The Labute approximate surface area is 102 Å². The molecule has 1 heterocycles.